The van der Waals surface area contributed by atoms with E-state index in [-0.39, 0.29) is 5.97 Å². The molecule has 25 heavy (non-hydrogen) atoms. The fraction of sp³-hybridized carbons (Fsp3) is 0.200. The van der Waals surface area contributed by atoms with Crippen LogP contribution in [-0.4, -0.2) is 36.8 Å². The van der Waals surface area contributed by atoms with Crippen molar-refractivity contribution in [2.24, 2.45) is 4.40 Å². The van der Waals surface area contributed by atoms with E-state index in [9.17, 15) is 4.79 Å². The van der Waals surface area contributed by atoms with E-state index in [1.54, 1.807) is 6.08 Å². The van der Waals surface area contributed by atoms with Crippen LogP contribution in [0.3, 0.4) is 0 Å². The van der Waals surface area contributed by atoms with Gasteiger partial charge in [-0.3, -0.25) is 4.90 Å². The fourth-order valence-corrected chi connectivity index (χ4v) is 3.16. The maximum absolute atomic E-state index is 12.2. The summed E-state index contributed by atoms with van der Waals surface area (Å²) >= 11 is 1.30. The quantitative estimate of drug-likeness (QED) is 0.585. The number of ether oxygens (including phenoxy) is 1. The zero-order chi connectivity index (χ0) is 17.5. The number of fused-ring (bicyclic) bond motifs is 1. The van der Waals surface area contributed by atoms with Crippen molar-refractivity contribution in [3.8, 4) is 0 Å². The lowest BCUT2D eigenvalue weighted by Crippen LogP contribution is -2.25. The Labute approximate surface area is 152 Å². The molecular formula is C20H20N2O2S. The van der Waals surface area contributed by atoms with Gasteiger partial charge < -0.3 is 4.74 Å². The minimum absolute atomic E-state index is 0.340. The standard InChI is InChI=1S/C20H20N2O2S/c1-22(15-16-7-3-2-4-8-16)13-14-24-20(23)18-12-11-17-9-5-6-10-19(17)25-21-18/h2-12H,13-15H2,1H3. The molecule has 0 aliphatic carbocycles. The van der Waals surface area contributed by atoms with E-state index in [4.69, 9.17) is 4.74 Å². The van der Waals surface area contributed by atoms with Gasteiger partial charge in [-0.1, -0.05) is 54.6 Å². The van der Waals surface area contributed by atoms with Gasteiger partial charge in [0.25, 0.3) is 0 Å². The summed E-state index contributed by atoms with van der Waals surface area (Å²) in [4.78, 5) is 15.4. The molecule has 0 amide bonds. The van der Waals surface area contributed by atoms with Crippen molar-refractivity contribution in [3.05, 3.63) is 71.8 Å². The molecule has 3 rings (SSSR count). The Bertz CT molecular complexity index is 787. The molecule has 0 N–H and O–H groups in total. The first-order valence-corrected chi connectivity index (χ1v) is 8.91. The summed E-state index contributed by atoms with van der Waals surface area (Å²) in [7, 11) is 2.01. The molecule has 5 heteroatoms. The van der Waals surface area contributed by atoms with Crippen molar-refractivity contribution >= 4 is 29.7 Å². The SMILES string of the molecule is CN(CCOC(=O)C1=NSc2ccccc2C=C1)Cc1ccccc1. The summed E-state index contributed by atoms with van der Waals surface area (Å²) in [6, 6.07) is 18.1. The van der Waals surface area contributed by atoms with E-state index in [2.05, 4.69) is 21.4 Å². The van der Waals surface area contributed by atoms with Crippen molar-refractivity contribution < 1.29 is 9.53 Å². The van der Waals surface area contributed by atoms with Crippen LogP contribution in [0.25, 0.3) is 6.08 Å². The van der Waals surface area contributed by atoms with Crippen molar-refractivity contribution in [2.45, 2.75) is 11.4 Å². The van der Waals surface area contributed by atoms with E-state index in [1.165, 1.54) is 17.5 Å². The number of hydrogen-bond acceptors (Lipinski definition) is 5. The van der Waals surface area contributed by atoms with Gasteiger partial charge in [-0.2, -0.15) is 0 Å². The largest absolute Gasteiger partial charge is 0.460 e. The molecule has 2 aromatic rings. The van der Waals surface area contributed by atoms with Crippen LogP contribution in [0.2, 0.25) is 0 Å². The summed E-state index contributed by atoms with van der Waals surface area (Å²) in [5.74, 6) is -0.385. The highest BCUT2D eigenvalue weighted by Crippen LogP contribution is 2.27. The Kier molecular flexibility index (Phi) is 6.04. The lowest BCUT2D eigenvalue weighted by molar-refractivity contribution is -0.135. The van der Waals surface area contributed by atoms with Gasteiger partial charge in [0.15, 0.2) is 5.71 Å². The average Bonchev–Trinajstić information content (AvgIpc) is 2.85. The van der Waals surface area contributed by atoms with Gasteiger partial charge in [0, 0.05) is 29.9 Å². The van der Waals surface area contributed by atoms with Crippen molar-refractivity contribution in [2.75, 3.05) is 20.2 Å². The smallest absolute Gasteiger partial charge is 0.357 e. The number of rotatable bonds is 6. The van der Waals surface area contributed by atoms with E-state index < -0.39 is 0 Å². The molecule has 4 nitrogen and oxygen atoms in total. The first-order valence-electron chi connectivity index (χ1n) is 8.14. The molecule has 1 heterocycles. The molecule has 1 aliphatic rings. The molecule has 128 valence electrons. The van der Waals surface area contributed by atoms with Crippen LogP contribution >= 0.6 is 11.9 Å². The second-order valence-corrected chi connectivity index (χ2v) is 6.60. The molecule has 0 saturated carbocycles. The Morgan fingerprint density at radius 3 is 2.68 bits per heavy atom. The van der Waals surface area contributed by atoms with Gasteiger partial charge in [-0.25, -0.2) is 9.19 Å². The average molecular weight is 352 g/mol. The molecule has 0 spiro atoms. The summed E-state index contributed by atoms with van der Waals surface area (Å²) < 4.78 is 9.66. The minimum atomic E-state index is -0.385. The third-order valence-corrected chi connectivity index (χ3v) is 4.65. The second kappa shape index (κ2) is 8.65. The number of benzene rings is 2. The van der Waals surface area contributed by atoms with E-state index >= 15 is 0 Å². The maximum atomic E-state index is 12.2. The highest BCUT2D eigenvalue weighted by Gasteiger charge is 2.14. The van der Waals surface area contributed by atoms with Crippen LogP contribution in [0, 0.1) is 0 Å². The Morgan fingerprint density at radius 1 is 1.08 bits per heavy atom. The fourth-order valence-electron chi connectivity index (χ4n) is 2.45. The number of nitrogens with zero attached hydrogens (tertiary/aromatic N) is 2. The van der Waals surface area contributed by atoms with Crippen LogP contribution in [0.5, 0.6) is 0 Å². The Hall–Kier alpha value is -2.37. The van der Waals surface area contributed by atoms with Crippen molar-refractivity contribution in [3.63, 3.8) is 0 Å². The molecule has 1 aliphatic heterocycles. The zero-order valence-corrected chi connectivity index (χ0v) is 14.9. The van der Waals surface area contributed by atoms with Crippen LogP contribution in [0.15, 0.2) is 70.0 Å². The molecule has 0 bridgehead atoms. The van der Waals surface area contributed by atoms with Crippen LogP contribution < -0.4 is 0 Å². The molecule has 0 unspecified atom stereocenters. The minimum Gasteiger partial charge on any atom is -0.460 e. The summed E-state index contributed by atoms with van der Waals surface area (Å²) in [6.07, 6.45) is 3.62. The van der Waals surface area contributed by atoms with Crippen LogP contribution in [0.1, 0.15) is 11.1 Å². The number of carbonyl (C=O) groups excluding carboxylic acids is 1. The monoisotopic (exact) mass is 352 g/mol. The number of hydrogen-bond donors (Lipinski definition) is 0. The van der Waals surface area contributed by atoms with E-state index in [0.717, 1.165) is 17.0 Å². The van der Waals surface area contributed by atoms with E-state index in [1.807, 2.05) is 55.6 Å². The van der Waals surface area contributed by atoms with Gasteiger partial charge in [0.2, 0.25) is 0 Å². The summed E-state index contributed by atoms with van der Waals surface area (Å²) in [6.45, 7) is 1.84. The Balaban J connectivity index is 1.47. The maximum Gasteiger partial charge on any atom is 0.357 e. The predicted octanol–water partition coefficient (Wildman–Crippen LogP) is 3.84. The molecule has 0 fully saturated rings. The normalized spacial score (nSPS) is 13.1. The second-order valence-electron chi connectivity index (χ2n) is 5.80. The number of esters is 1. The molecule has 2 aromatic carbocycles. The van der Waals surface area contributed by atoms with Crippen LogP contribution in [-0.2, 0) is 16.1 Å². The molecule has 0 saturated heterocycles. The third-order valence-electron chi connectivity index (χ3n) is 3.79. The molecule has 0 atom stereocenters. The zero-order valence-electron chi connectivity index (χ0n) is 14.1. The molecule has 0 aromatic heterocycles. The lowest BCUT2D eigenvalue weighted by Gasteiger charge is -2.16. The van der Waals surface area contributed by atoms with Gasteiger partial charge in [0.05, 0.1) is 0 Å². The highest BCUT2D eigenvalue weighted by atomic mass is 32.2. The lowest BCUT2D eigenvalue weighted by atomic mass is 10.2. The molecule has 0 radical (unpaired) electrons. The summed E-state index contributed by atoms with van der Waals surface area (Å²) in [5, 5.41) is 0. The highest BCUT2D eigenvalue weighted by molar-refractivity contribution is 7.98. The number of likely N-dealkylation sites (N-methyl/N-ethyl adjacent to an activating group) is 1. The van der Waals surface area contributed by atoms with Crippen LogP contribution in [0.4, 0.5) is 0 Å². The first kappa shape index (κ1) is 17.5. The topological polar surface area (TPSA) is 41.9 Å². The summed E-state index contributed by atoms with van der Waals surface area (Å²) in [5.41, 5.74) is 2.63. The van der Waals surface area contributed by atoms with Gasteiger partial charge in [0.1, 0.15) is 6.61 Å². The number of carbonyl (C=O) groups is 1. The van der Waals surface area contributed by atoms with Crippen molar-refractivity contribution in [1.82, 2.24) is 4.90 Å². The predicted molar refractivity (Wildman–Crippen MR) is 103 cm³/mol. The van der Waals surface area contributed by atoms with E-state index in [0.29, 0.717) is 18.9 Å². The Morgan fingerprint density at radius 2 is 1.84 bits per heavy atom. The third kappa shape index (κ3) is 5.05. The first-order chi connectivity index (χ1) is 12.2. The molecular weight excluding hydrogens is 332 g/mol. The van der Waals surface area contributed by atoms with Gasteiger partial charge in [-0.05, 0) is 30.3 Å². The van der Waals surface area contributed by atoms with Gasteiger partial charge >= 0.3 is 5.97 Å². The van der Waals surface area contributed by atoms with Crippen molar-refractivity contribution in [1.29, 1.82) is 0 Å². The van der Waals surface area contributed by atoms with Gasteiger partial charge in [-0.15, -0.1) is 0 Å².